The van der Waals surface area contributed by atoms with Gasteiger partial charge in [-0.3, -0.25) is 4.79 Å². The Hall–Kier alpha value is -2.24. The lowest BCUT2D eigenvalue weighted by Crippen LogP contribution is -2.43. The van der Waals surface area contributed by atoms with Crippen molar-refractivity contribution in [1.29, 1.82) is 0 Å². The van der Waals surface area contributed by atoms with Gasteiger partial charge in [0.25, 0.3) is 0 Å². The number of rotatable bonds is 8. The monoisotopic (exact) mass is 293 g/mol. The highest BCUT2D eigenvalue weighted by molar-refractivity contribution is 5.79. The first kappa shape index (κ1) is 16.8. The maximum Gasteiger partial charge on any atom is 0.323 e. The number of likely N-dealkylation sites (N-methyl/N-ethyl adjacent to an activating group) is 1. The fraction of sp³-hybridized carbons (Fsp3) is 0.467. The quantitative estimate of drug-likeness (QED) is 0.715. The van der Waals surface area contributed by atoms with Crippen LogP contribution in [0.4, 0.5) is 10.5 Å². The molecule has 1 rings (SSSR count). The van der Waals surface area contributed by atoms with E-state index >= 15 is 0 Å². The molecule has 0 bridgehead atoms. The summed E-state index contributed by atoms with van der Waals surface area (Å²) in [6, 6.07) is 9.67. The molecule has 0 saturated carbocycles. The van der Waals surface area contributed by atoms with Crippen molar-refractivity contribution in [3.05, 3.63) is 30.3 Å². The van der Waals surface area contributed by atoms with E-state index in [1.54, 1.807) is 6.92 Å². The number of carboxylic acid groups (broad SMARTS) is 1. The summed E-state index contributed by atoms with van der Waals surface area (Å²) < 4.78 is 0. The summed E-state index contributed by atoms with van der Waals surface area (Å²) in [6.07, 6.45) is 0.793. The zero-order valence-corrected chi connectivity index (χ0v) is 12.6. The Morgan fingerprint density at radius 3 is 2.48 bits per heavy atom. The highest BCUT2D eigenvalue weighted by Crippen LogP contribution is 2.10. The smallest absolute Gasteiger partial charge is 0.323 e. The third-order valence-electron chi connectivity index (χ3n) is 3.14. The lowest BCUT2D eigenvalue weighted by Gasteiger charge is -2.21. The molecule has 1 aromatic carbocycles. The molecule has 6 heteroatoms. The normalized spacial score (nSPS) is 10.0. The SMILES string of the molecule is CCN(CC(=O)O)C(=O)NCCCN(C)c1ccccc1. The van der Waals surface area contributed by atoms with Crippen LogP contribution in [0.2, 0.25) is 0 Å². The third-order valence-corrected chi connectivity index (χ3v) is 3.14. The van der Waals surface area contributed by atoms with E-state index in [-0.39, 0.29) is 12.6 Å². The maximum atomic E-state index is 11.8. The van der Waals surface area contributed by atoms with Gasteiger partial charge in [-0.1, -0.05) is 18.2 Å². The topological polar surface area (TPSA) is 72.9 Å². The molecule has 0 unspecified atom stereocenters. The van der Waals surface area contributed by atoms with Crippen molar-refractivity contribution in [2.75, 3.05) is 38.1 Å². The summed E-state index contributed by atoms with van der Waals surface area (Å²) in [5.74, 6) is -1.00. The Morgan fingerprint density at radius 1 is 1.24 bits per heavy atom. The molecule has 0 aliphatic carbocycles. The van der Waals surface area contributed by atoms with E-state index in [1.807, 2.05) is 37.4 Å². The molecule has 1 aromatic rings. The molecule has 6 nitrogen and oxygen atoms in total. The van der Waals surface area contributed by atoms with Crippen LogP contribution in [-0.2, 0) is 4.79 Å². The average molecular weight is 293 g/mol. The molecule has 0 aromatic heterocycles. The molecule has 116 valence electrons. The van der Waals surface area contributed by atoms with Gasteiger partial charge < -0.3 is 20.2 Å². The molecule has 2 amide bonds. The van der Waals surface area contributed by atoms with Gasteiger partial charge in [0.05, 0.1) is 0 Å². The van der Waals surface area contributed by atoms with Gasteiger partial charge in [-0.05, 0) is 25.5 Å². The Kier molecular flexibility index (Phi) is 7.08. The van der Waals surface area contributed by atoms with E-state index in [0.717, 1.165) is 18.7 Å². The first-order chi connectivity index (χ1) is 10.0. The second-order valence-electron chi connectivity index (χ2n) is 4.75. The number of benzene rings is 1. The van der Waals surface area contributed by atoms with Gasteiger partial charge >= 0.3 is 12.0 Å². The largest absolute Gasteiger partial charge is 0.480 e. The van der Waals surface area contributed by atoms with Gasteiger partial charge in [-0.25, -0.2) is 4.79 Å². The van der Waals surface area contributed by atoms with Crippen LogP contribution in [0.15, 0.2) is 30.3 Å². The molecule has 2 N–H and O–H groups in total. The fourth-order valence-corrected chi connectivity index (χ4v) is 1.93. The van der Waals surface area contributed by atoms with E-state index in [0.29, 0.717) is 13.1 Å². The first-order valence-corrected chi connectivity index (χ1v) is 7.05. The van der Waals surface area contributed by atoms with Gasteiger partial charge in [0.15, 0.2) is 0 Å². The molecule has 21 heavy (non-hydrogen) atoms. The summed E-state index contributed by atoms with van der Waals surface area (Å²) in [6.45, 7) is 3.20. The summed E-state index contributed by atoms with van der Waals surface area (Å²) in [4.78, 5) is 25.8. The van der Waals surface area contributed by atoms with Gasteiger partial charge in [0.1, 0.15) is 6.54 Å². The van der Waals surface area contributed by atoms with Crippen molar-refractivity contribution >= 4 is 17.7 Å². The average Bonchev–Trinajstić information content (AvgIpc) is 2.49. The van der Waals surface area contributed by atoms with Crippen LogP contribution in [-0.4, -0.2) is 55.2 Å². The number of aliphatic carboxylic acids is 1. The number of anilines is 1. The van der Waals surface area contributed by atoms with Crippen LogP contribution in [0.1, 0.15) is 13.3 Å². The second kappa shape index (κ2) is 8.84. The number of urea groups is 1. The van der Waals surface area contributed by atoms with E-state index in [4.69, 9.17) is 5.11 Å². The molecule has 0 aliphatic heterocycles. The highest BCUT2D eigenvalue weighted by Gasteiger charge is 2.13. The number of nitrogens with zero attached hydrogens (tertiary/aromatic N) is 2. The Balaban J connectivity index is 2.27. The van der Waals surface area contributed by atoms with Gasteiger partial charge in [-0.2, -0.15) is 0 Å². The number of carbonyl (C=O) groups excluding carboxylic acids is 1. The van der Waals surface area contributed by atoms with Crippen molar-refractivity contribution in [3.63, 3.8) is 0 Å². The number of amides is 2. The van der Waals surface area contributed by atoms with Gasteiger partial charge in [0, 0.05) is 32.4 Å². The van der Waals surface area contributed by atoms with Crippen LogP contribution in [0, 0.1) is 0 Å². The van der Waals surface area contributed by atoms with Crippen molar-refractivity contribution in [2.45, 2.75) is 13.3 Å². The van der Waals surface area contributed by atoms with Crippen molar-refractivity contribution < 1.29 is 14.7 Å². The zero-order chi connectivity index (χ0) is 15.7. The number of nitrogens with one attached hydrogen (secondary N) is 1. The summed E-state index contributed by atoms with van der Waals surface area (Å²) in [5.41, 5.74) is 1.13. The number of hydrogen-bond acceptors (Lipinski definition) is 3. The van der Waals surface area contributed by atoms with E-state index in [9.17, 15) is 9.59 Å². The minimum absolute atomic E-state index is 0.272. The number of hydrogen-bond donors (Lipinski definition) is 2. The van der Waals surface area contributed by atoms with Crippen LogP contribution in [0.5, 0.6) is 0 Å². The number of carbonyl (C=O) groups is 2. The van der Waals surface area contributed by atoms with Crippen molar-refractivity contribution in [2.24, 2.45) is 0 Å². The van der Waals surface area contributed by atoms with Crippen molar-refractivity contribution in [1.82, 2.24) is 10.2 Å². The molecule has 0 spiro atoms. The number of carboxylic acids is 1. The number of para-hydroxylation sites is 1. The molecule has 0 radical (unpaired) electrons. The third kappa shape index (κ3) is 6.16. The summed E-state index contributed by atoms with van der Waals surface area (Å²) >= 11 is 0. The van der Waals surface area contributed by atoms with Crippen LogP contribution >= 0.6 is 0 Å². The maximum absolute atomic E-state index is 11.8. The van der Waals surface area contributed by atoms with Crippen LogP contribution in [0.25, 0.3) is 0 Å². The van der Waals surface area contributed by atoms with Crippen LogP contribution in [0.3, 0.4) is 0 Å². The Bertz CT molecular complexity index is 451. The van der Waals surface area contributed by atoms with Gasteiger partial charge in [0.2, 0.25) is 0 Å². The standard InChI is InChI=1S/C15H23N3O3/c1-3-18(12-14(19)20)15(21)16-10-7-11-17(2)13-8-5-4-6-9-13/h4-6,8-9H,3,7,10-12H2,1-2H3,(H,16,21)(H,19,20). The molecular weight excluding hydrogens is 270 g/mol. The summed E-state index contributed by atoms with van der Waals surface area (Å²) in [5, 5.41) is 11.4. The lowest BCUT2D eigenvalue weighted by atomic mass is 10.3. The van der Waals surface area contributed by atoms with Crippen LogP contribution < -0.4 is 10.2 Å². The summed E-state index contributed by atoms with van der Waals surface area (Å²) in [7, 11) is 2.00. The Labute approximate surface area is 125 Å². The lowest BCUT2D eigenvalue weighted by molar-refractivity contribution is -0.137. The van der Waals surface area contributed by atoms with E-state index in [1.165, 1.54) is 4.90 Å². The molecule has 0 fully saturated rings. The predicted octanol–water partition coefficient (Wildman–Crippen LogP) is 1.63. The molecule has 0 heterocycles. The molecule has 0 saturated heterocycles. The minimum atomic E-state index is -1.00. The predicted molar refractivity (Wildman–Crippen MR) is 82.6 cm³/mol. The highest BCUT2D eigenvalue weighted by atomic mass is 16.4. The minimum Gasteiger partial charge on any atom is -0.480 e. The fourth-order valence-electron chi connectivity index (χ4n) is 1.93. The first-order valence-electron chi connectivity index (χ1n) is 7.05. The van der Waals surface area contributed by atoms with Gasteiger partial charge in [-0.15, -0.1) is 0 Å². The molecule has 0 aliphatic rings. The second-order valence-corrected chi connectivity index (χ2v) is 4.75. The molecular formula is C15H23N3O3. The molecule has 0 atom stereocenters. The van der Waals surface area contributed by atoms with Crippen molar-refractivity contribution in [3.8, 4) is 0 Å². The van der Waals surface area contributed by atoms with E-state index < -0.39 is 5.97 Å². The van der Waals surface area contributed by atoms with E-state index in [2.05, 4.69) is 10.2 Å². The zero-order valence-electron chi connectivity index (χ0n) is 12.6. The Morgan fingerprint density at radius 2 is 1.90 bits per heavy atom.